The lowest BCUT2D eigenvalue weighted by Crippen LogP contribution is -2.68. The topological polar surface area (TPSA) is 335 Å². The first kappa shape index (κ1) is 75.9. The number of ether oxygens (including phenoxy) is 16. The highest BCUT2D eigenvalue weighted by Gasteiger charge is 2.60. The normalized spacial score (nSPS) is 23.7. The number of carbonyl (C=O) groups excluding carboxylic acids is 11. The maximum absolute atomic E-state index is 14.8. The van der Waals surface area contributed by atoms with Gasteiger partial charge in [-0.25, -0.2) is 38.4 Å². The Labute approximate surface area is 611 Å². The van der Waals surface area contributed by atoms with Gasteiger partial charge in [-0.3, -0.25) is 14.4 Å². The minimum atomic E-state index is -2.26. The van der Waals surface area contributed by atoms with Crippen molar-refractivity contribution in [2.24, 2.45) is 0 Å². The van der Waals surface area contributed by atoms with Gasteiger partial charge in [0.25, 0.3) is 0 Å². The van der Waals surface area contributed by atoms with Crippen molar-refractivity contribution in [2.45, 2.75) is 113 Å². The number of hydrogen-bond donors (Lipinski definition) is 0. The van der Waals surface area contributed by atoms with Gasteiger partial charge in [0.15, 0.2) is 61.4 Å². The van der Waals surface area contributed by atoms with E-state index in [1.165, 1.54) is 158 Å². The van der Waals surface area contributed by atoms with Crippen LogP contribution in [0.5, 0.6) is 0 Å². The lowest BCUT2D eigenvalue weighted by molar-refractivity contribution is -0.361. The smallest absolute Gasteiger partial charge is 0.338 e. The van der Waals surface area contributed by atoms with Gasteiger partial charge in [-0.1, -0.05) is 146 Å². The second-order valence-electron chi connectivity index (χ2n) is 24.2. The minimum absolute atomic E-state index is 0.00894. The van der Waals surface area contributed by atoms with Crippen LogP contribution in [0.15, 0.2) is 243 Å². The Morgan fingerprint density at radius 1 is 0.234 bits per heavy atom. The fourth-order valence-electron chi connectivity index (χ4n) is 11.7. The molecule has 0 radical (unpaired) electrons. The van der Waals surface area contributed by atoms with Crippen LogP contribution in [-0.2, 0) is 90.2 Å². The highest BCUT2D eigenvalue weighted by molar-refractivity contribution is 5.94. The van der Waals surface area contributed by atoms with Crippen LogP contribution in [0.4, 0.5) is 0 Å². The molecule has 0 aromatic heterocycles. The van der Waals surface area contributed by atoms with Crippen LogP contribution in [-0.4, -0.2) is 178 Å². The molecule has 0 N–H and O–H groups in total. The summed E-state index contributed by atoms with van der Waals surface area (Å²) in [6.07, 6.45) is -30.2. The van der Waals surface area contributed by atoms with Crippen molar-refractivity contribution >= 4 is 65.7 Å². The minimum Gasteiger partial charge on any atom is -0.459 e. The van der Waals surface area contributed by atoms with E-state index in [0.717, 1.165) is 20.8 Å². The summed E-state index contributed by atoms with van der Waals surface area (Å²) in [6.45, 7) is 0.217. The summed E-state index contributed by atoms with van der Waals surface area (Å²) in [5.74, 6) is -11.5. The molecule has 11 rings (SSSR count). The summed E-state index contributed by atoms with van der Waals surface area (Å²) < 4.78 is 100. The van der Waals surface area contributed by atoms with Crippen LogP contribution in [0, 0.1) is 0 Å². The van der Waals surface area contributed by atoms with Crippen LogP contribution in [0.2, 0.25) is 0 Å². The molecule has 14 unspecified atom stereocenters. The zero-order valence-electron chi connectivity index (χ0n) is 57.4. The summed E-state index contributed by atoms with van der Waals surface area (Å²) in [5, 5.41) is 0. The Balaban J connectivity index is 1.03. The molecule has 27 heteroatoms. The molecule has 8 aromatic carbocycles. The molecular formula is C80H70O27. The highest BCUT2D eigenvalue weighted by atomic mass is 16.8. The van der Waals surface area contributed by atoms with Crippen molar-refractivity contribution in [1.29, 1.82) is 0 Å². The van der Waals surface area contributed by atoms with E-state index in [-0.39, 0.29) is 44.5 Å². The number of benzene rings is 8. The zero-order chi connectivity index (χ0) is 75.3. The second kappa shape index (κ2) is 36.4. The van der Waals surface area contributed by atoms with Crippen LogP contribution in [0.1, 0.15) is 104 Å². The quantitative estimate of drug-likeness (QED) is 0.0360. The summed E-state index contributed by atoms with van der Waals surface area (Å²) in [5.41, 5.74) is -0.201. The summed E-state index contributed by atoms with van der Waals surface area (Å²) >= 11 is 0. The van der Waals surface area contributed by atoms with E-state index < -0.39 is 178 Å². The van der Waals surface area contributed by atoms with Crippen LogP contribution < -0.4 is 0 Å². The third kappa shape index (κ3) is 20.0. The first-order valence-electron chi connectivity index (χ1n) is 33.6. The Kier molecular flexibility index (Phi) is 25.8. The second-order valence-corrected chi connectivity index (χ2v) is 24.2. The van der Waals surface area contributed by atoms with E-state index in [0.29, 0.717) is 0 Å². The van der Waals surface area contributed by atoms with Gasteiger partial charge in [0, 0.05) is 20.8 Å². The van der Waals surface area contributed by atoms with Gasteiger partial charge in [-0.15, -0.1) is 0 Å². The van der Waals surface area contributed by atoms with Crippen LogP contribution in [0.3, 0.4) is 0 Å². The maximum Gasteiger partial charge on any atom is 0.338 e. The number of hydrogen-bond acceptors (Lipinski definition) is 27. The molecule has 552 valence electrons. The first-order chi connectivity index (χ1) is 51.8. The maximum atomic E-state index is 14.8. The summed E-state index contributed by atoms with van der Waals surface area (Å²) in [4.78, 5) is 156. The Morgan fingerprint density at radius 2 is 0.458 bits per heavy atom. The van der Waals surface area contributed by atoms with E-state index in [1.54, 1.807) is 84.9 Å². The molecule has 3 heterocycles. The van der Waals surface area contributed by atoms with Gasteiger partial charge in [-0.05, 0) is 97.1 Å². The number of rotatable bonds is 26. The fraction of sp³-hybridized carbons (Fsp3) is 0.263. The van der Waals surface area contributed by atoms with E-state index in [1.807, 2.05) is 0 Å². The Hall–Kier alpha value is -12.3. The van der Waals surface area contributed by atoms with E-state index in [9.17, 15) is 52.7 Å². The van der Waals surface area contributed by atoms with Crippen molar-refractivity contribution in [1.82, 2.24) is 0 Å². The first-order valence-corrected chi connectivity index (χ1v) is 33.6. The van der Waals surface area contributed by atoms with E-state index in [4.69, 9.17) is 75.8 Å². The Morgan fingerprint density at radius 3 is 0.766 bits per heavy atom. The van der Waals surface area contributed by atoms with E-state index in [2.05, 4.69) is 0 Å². The van der Waals surface area contributed by atoms with Crippen molar-refractivity contribution in [2.75, 3.05) is 19.8 Å². The summed E-state index contributed by atoms with van der Waals surface area (Å²) in [7, 11) is 0. The van der Waals surface area contributed by atoms with Crippen molar-refractivity contribution in [3.8, 4) is 0 Å². The molecule has 27 nitrogen and oxygen atoms in total. The van der Waals surface area contributed by atoms with Crippen molar-refractivity contribution < 1.29 is 129 Å². The average molecular weight is 1460 g/mol. The third-order valence-electron chi connectivity index (χ3n) is 16.7. The van der Waals surface area contributed by atoms with Gasteiger partial charge in [0.05, 0.1) is 51.1 Å². The molecule has 3 aliphatic heterocycles. The molecule has 0 aliphatic carbocycles. The predicted octanol–water partition coefficient (Wildman–Crippen LogP) is 9.06. The molecule has 3 aliphatic rings. The largest absolute Gasteiger partial charge is 0.459 e. The predicted molar refractivity (Wildman–Crippen MR) is 367 cm³/mol. The van der Waals surface area contributed by atoms with Crippen molar-refractivity contribution in [3.05, 3.63) is 287 Å². The molecule has 0 bridgehead atoms. The summed E-state index contributed by atoms with van der Waals surface area (Å²) in [6, 6.07) is 60.3. The third-order valence-corrected chi connectivity index (χ3v) is 16.7. The SMILES string of the molecule is CC(=O)OC1OC(COC2OC(COC(=O)c3ccccc3)C(OC(=O)c3ccccc3)C(OC(=O)c3ccccc3)C2OC(=O)c2ccccc2)[C@@H](OC(C)=O)C(OC2OC(COC(=O)c3ccccc3)C(OC(=O)c3ccccc3)C(OC(=O)c3ccccc3)C2OC(=O)c2ccccc2)C1OC(C)=O. The van der Waals surface area contributed by atoms with Gasteiger partial charge in [0.1, 0.15) is 37.6 Å². The molecule has 8 aromatic rings. The Bertz CT molecular complexity index is 4370. The van der Waals surface area contributed by atoms with Gasteiger partial charge in [-0.2, -0.15) is 0 Å². The molecular weight excluding hydrogens is 1390 g/mol. The monoisotopic (exact) mass is 1460 g/mol. The standard InChI is InChI=1S/C80H70O27/c1-47(81)95-61-60(46-94-78-67(105-76(90)56-40-24-10-25-41-56)64(103-74(88)54-36-20-8-21-37-54)62(101-72(86)52-32-16-6-17-33-52)58(98-78)44-92-70(84)50-28-12-4-13-29-50)99-79(97-49(3)83)68(96-48(2)82)66(61)107-80-69(106-77(91)57-42-26-11-27-43-57)65(104-75(89)55-38-22-9-23-39-55)63(102-73(87)53-34-18-7-19-35-53)59(100-80)45-93-71(85)51-30-14-5-15-31-51/h4-43,58-69,78-80H,44-46H2,1-3H3/t58?,59?,60?,61-,62?,63?,64?,65?,66?,67?,68?,69?,78?,79?,80?/m1/s1. The molecule has 15 atom stereocenters. The van der Waals surface area contributed by atoms with Crippen LogP contribution >= 0.6 is 0 Å². The molecule has 0 spiro atoms. The van der Waals surface area contributed by atoms with Crippen LogP contribution in [0.25, 0.3) is 0 Å². The van der Waals surface area contributed by atoms with Gasteiger partial charge >= 0.3 is 65.7 Å². The zero-order valence-corrected chi connectivity index (χ0v) is 57.4. The number of carbonyl (C=O) groups is 11. The highest BCUT2D eigenvalue weighted by Crippen LogP contribution is 2.39. The van der Waals surface area contributed by atoms with Crippen molar-refractivity contribution in [3.63, 3.8) is 0 Å². The lowest BCUT2D eigenvalue weighted by atomic mass is 9.95. The lowest BCUT2D eigenvalue weighted by Gasteiger charge is -2.49. The van der Waals surface area contributed by atoms with E-state index >= 15 is 0 Å². The van der Waals surface area contributed by atoms with Gasteiger partial charge < -0.3 is 75.8 Å². The van der Waals surface area contributed by atoms with Gasteiger partial charge in [0.2, 0.25) is 6.29 Å². The average Bonchev–Trinajstić information content (AvgIpc) is 0.780. The molecule has 0 amide bonds. The number of esters is 11. The fourth-order valence-corrected chi connectivity index (χ4v) is 11.7. The molecule has 107 heavy (non-hydrogen) atoms. The molecule has 0 saturated carbocycles. The molecule has 3 fully saturated rings. The molecule has 3 saturated heterocycles.